The Bertz CT molecular complexity index is 513. The molecule has 124 valence electrons. The molecule has 0 fully saturated rings. The topological polar surface area (TPSA) is 38.3 Å². The van der Waals surface area contributed by atoms with Gasteiger partial charge < -0.3 is 10.1 Å². The normalized spacial score (nSPS) is 12.1. The Morgan fingerprint density at radius 3 is 2.36 bits per heavy atom. The Morgan fingerprint density at radius 1 is 1.14 bits per heavy atom. The van der Waals surface area contributed by atoms with Gasteiger partial charge in [0.1, 0.15) is 5.75 Å². The van der Waals surface area contributed by atoms with Crippen molar-refractivity contribution in [2.75, 3.05) is 6.61 Å². The van der Waals surface area contributed by atoms with Gasteiger partial charge in [-0.15, -0.1) is 0 Å². The van der Waals surface area contributed by atoms with Crippen LogP contribution in [0.25, 0.3) is 0 Å². The number of carbonyl (C=O) groups excluding carboxylic acids is 1. The molecular formula is C19H31NO2. The van der Waals surface area contributed by atoms with Crippen LogP contribution in [0.4, 0.5) is 0 Å². The molecule has 0 bridgehead atoms. The number of carbonyl (C=O) groups is 1. The SMILES string of the molecule is Cc1ccc(C)c(OCCCC(C)(C)C(=O)NC(C)(C)C)c1. The zero-order valence-electron chi connectivity index (χ0n) is 15.2. The number of amides is 1. The van der Waals surface area contributed by atoms with Crippen LogP contribution >= 0.6 is 0 Å². The van der Waals surface area contributed by atoms with Crippen LogP contribution in [0.15, 0.2) is 18.2 Å². The minimum atomic E-state index is -0.377. The molecular weight excluding hydrogens is 274 g/mol. The number of aryl methyl sites for hydroxylation is 2. The fourth-order valence-corrected chi connectivity index (χ4v) is 2.18. The van der Waals surface area contributed by atoms with Crippen molar-refractivity contribution >= 4 is 5.91 Å². The van der Waals surface area contributed by atoms with Crippen molar-refractivity contribution in [2.45, 2.75) is 66.8 Å². The molecule has 0 heterocycles. The standard InChI is InChI=1S/C19H31NO2/c1-14-9-10-15(2)16(13-14)22-12-8-11-19(6,7)17(21)20-18(3,4)5/h9-10,13H,8,11-12H2,1-7H3,(H,20,21). The third-order valence-corrected chi connectivity index (χ3v) is 3.65. The summed E-state index contributed by atoms with van der Waals surface area (Å²) in [6.45, 7) is 14.7. The lowest BCUT2D eigenvalue weighted by Crippen LogP contribution is -2.47. The smallest absolute Gasteiger partial charge is 0.226 e. The van der Waals surface area contributed by atoms with Crippen molar-refractivity contribution in [3.05, 3.63) is 29.3 Å². The largest absolute Gasteiger partial charge is 0.493 e. The number of nitrogens with one attached hydrogen (secondary N) is 1. The minimum absolute atomic E-state index is 0.103. The van der Waals surface area contributed by atoms with Crippen LogP contribution < -0.4 is 10.1 Å². The number of hydrogen-bond donors (Lipinski definition) is 1. The van der Waals surface area contributed by atoms with Gasteiger partial charge in [0.2, 0.25) is 5.91 Å². The van der Waals surface area contributed by atoms with E-state index in [2.05, 4.69) is 37.4 Å². The van der Waals surface area contributed by atoms with E-state index in [1.165, 1.54) is 5.56 Å². The first-order valence-electron chi connectivity index (χ1n) is 8.04. The van der Waals surface area contributed by atoms with E-state index in [9.17, 15) is 4.79 Å². The summed E-state index contributed by atoms with van der Waals surface area (Å²) in [5, 5.41) is 3.05. The fourth-order valence-electron chi connectivity index (χ4n) is 2.18. The molecule has 0 aliphatic heterocycles. The highest BCUT2D eigenvalue weighted by atomic mass is 16.5. The predicted octanol–water partition coefficient (Wildman–Crippen LogP) is 4.40. The molecule has 0 aliphatic rings. The number of benzene rings is 1. The molecule has 0 aliphatic carbocycles. The van der Waals surface area contributed by atoms with Gasteiger partial charge in [0.25, 0.3) is 0 Å². The molecule has 1 rings (SSSR count). The highest BCUT2D eigenvalue weighted by Gasteiger charge is 2.29. The number of rotatable bonds is 6. The zero-order valence-corrected chi connectivity index (χ0v) is 15.2. The summed E-state index contributed by atoms with van der Waals surface area (Å²) in [6.07, 6.45) is 1.66. The van der Waals surface area contributed by atoms with E-state index in [0.717, 1.165) is 24.2 Å². The van der Waals surface area contributed by atoms with Gasteiger partial charge in [-0.1, -0.05) is 26.0 Å². The van der Waals surface area contributed by atoms with E-state index in [0.29, 0.717) is 6.61 Å². The molecule has 0 saturated carbocycles. The lowest BCUT2D eigenvalue weighted by molar-refractivity contribution is -0.131. The van der Waals surface area contributed by atoms with Gasteiger partial charge in [0.05, 0.1) is 6.61 Å². The van der Waals surface area contributed by atoms with E-state index in [4.69, 9.17) is 4.74 Å². The number of hydrogen-bond acceptors (Lipinski definition) is 2. The Kier molecular flexibility index (Phi) is 6.04. The molecule has 1 aromatic rings. The minimum Gasteiger partial charge on any atom is -0.493 e. The first kappa shape index (κ1) is 18.5. The van der Waals surface area contributed by atoms with Crippen LogP contribution in [0.1, 0.15) is 58.6 Å². The Labute approximate surface area is 135 Å². The van der Waals surface area contributed by atoms with Crippen molar-refractivity contribution < 1.29 is 9.53 Å². The molecule has 3 heteroatoms. The van der Waals surface area contributed by atoms with Crippen LogP contribution in [-0.2, 0) is 4.79 Å². The maximum Gasteiger partial charge on any atom is 0.226 e. The first-order chi connectivity index (χ1) is 10.0. The van der Waals surface area contributed by atoms with E-state index in [1.807, 2.05) is 34.6 Å². The third-order valence-electron chi connectivity index (χ3n) is 3.65. The Hall–Kier alpha value is -1.51. The summed E-state index contributed by atoms with van der Waals surface area (Å²) in [7, 11) is 0. The average molecular weight is 305 g/mol. The molecule has 22 heavy (non-hydrogen) atoms. The maximum atomic E-state index is 12.3. The predicted molar refractivity (Wildman–Crippen MR) is 92.3 cm³/mol. The lowest BCUT2D eigenvalue weighted by Gasteiger charge is -2.29. The van der Waals surface area contributed by atoms with Crippen molar-refractivity contribution in [1.82, 2.24) is 5.32 Å². The van der Waals surface area contributed by atoms with E-state index >= 15 is 0 Å². The highest BCUT2D eigenvalue weighted by Crippen LogP contribution is 2.25. The molecule has 0 atom stereocenters. The Balaban J connectivity index is 2.46. The van der Waals surface area contributed by atoms with Crippen LogP contribution in [0.3, 0.4) is 0 Å². The van der Waals surface area contributed by atoms with Gasteiger partial charge in [0, 0.05) is 11.0 Å². The fraction of sp³-hybridized carbons (Fsp3) is 0.632. The average Bonchev–Trinajstić information content (AvgIpc) is 2.36. The molecule has 0 radical (unpaired) electrons. The second-order valence-corrected chi connectivity index (χ2v) is 7.81. The number of ether oxygens (including phenoxy) is 1. The van der Waals surface area contributed by atoms with Gasteiger partial charge in [-0.3, -0.25) is 4.79 Å². The molecule has 0 unspecified atom stereocenters. The van der Waals surface area contributed by atoms with Gasteiger partial charge in [0.15, 0.2) is 0 Å². The van der Waals surface area contributed by atoms with Crippen LogP contribution in [0.5, 0.6) is 5.75 Å². The molecule has 0 saturated heterocycles. The molecule has 1 aromatic carbocycles. The van der Waals surface area contributed by atoms with Crippen LogP contribution in [0, 0.1) is 19.3 Å². The zero-order chi connectivity index (χ0) is 17.0. The molecule has 3 nitrogen and oxygen atoms in total. The summed E-state index contributed by atoms with van der Waals surface area (Å²) in [5.41, 5.74) is 1.78. The van der Waals surface area contributed by atoms with Crippen LogP contribution in [-0.4, -0.2) is 18.1 Å². The molecule has 1 amide bonds. The van der Waals surface area contributed by atoms with Gasteiger partial charge in [-0.2, -0.15) is 0 Å². The van der Waals surface area contributed by atoms with Gasteiger partial charge in [-0.05, 0) is 64.7 Å². The van der Waals surface area contributed by atoms with Crippen molar-refractivity contribution in [2.24, 2.45) is 5.41 Å². The summed E-state index contributed by atoms with van der Waals surface area (Å²) in [5.74, 6) is 1.05. The highest BCUT2D eigenvalue weighted by molar-refractivity contribution is 5.82. The summed E-state index contributed by atoms with van der Waals surface area (Å²) in [6, 6.07) is 6.22. The van der Waals surface area contributed by atoms with Crippen molar-refractivity contribution in [3.63, 3.8) is 0 Å². The quantitative estimate of drug-likeness (QED) is 0.791. The van der Waals surface area contributed by atoms with E-state index in [1.54, 1.807) is 0 Å². The maximum absolute atomic E-state index is 12.3. The lowest BCUT2D eigenvalue weighted by atomic mass is 9.86. The summed E-state index contributed by atoms with van der Waals surface area (Å²) >= 11 is 0. The molecule has 0 spiro atoms. The van der Waals surface area contributed by atoms with Gasteiger partial charge >= 0.3 is 0 Å². The van der Waals surface area contributed by atoms with E-state index < -0.39 is 0 Å². The van der Waals surface area contributed by atoms with Gasteiger partial charge in [-0.25, -0.2) is 0 Å². The van der Waals surface area contributed by atoms with E-state index in [-0.39, 0.29) is 16.9 Å². The molecule has 0 aromatic heterocycles. The third kappa shape index (κ3) is 6.08. The molecule has 1 N–H and O–H groups in total. The van der Waals surface area contributed by atoms with Crippen molar-refractivity contribution in [3.8, 4) is 5.75 Å². The summed E-state index contributed by atoms with van der Waals surface area (Å²) < 4.78 is 5.86. The monoisotopic (exact) mass is 305 g/mol. The van der Waals surface area contributed by atoms with Crippen molar-refractivity contribution in [1.29, 1.82) is 0 Å². The first-order valence-corrected chi connectivity index (χ1v) is 8.04. The Morgan fingerprint density at radius 2 is 1.77 bits per heavy atom. The van der Waals surface area contributed by atoms with Crippen LogP contribution in [0.2, 0.25) is 0 Å². The second kappa shape index (κ2) is 7.17. The summed E-state index contributed by atoms with van der Waals surface area (Å²) in [4.78, 5) is 12.3. The second-order valence-electron chi connectivity index (χ2n) is 7.81.